The molecule has 3 heterocycles. The van der Waals surface area contributed by atoms with Crippen LogP contribution < -0.4 is 10.1 Å². The fourth-order valence-electron chi connectivity index (χ4n) is 5.11. The lowest BCUT2D eigenvalue weighted by Crippen LogP contribution is -2.56. The number of rotatable bonds is 7. The van der Waals surface area contributed by atoms with Crippen molar-refractivity contribution in [2.24, 2.45) is 0 Å². The molecule has 3 amide bonds. The molecule has 3 fully saturated rings. The number of aromatic nitrogens is 2. The van der Waals surface area contributed by atoms with E-state index in [4.69, 9.17) is 9.47 Å². The van der Waals surface area contributed by atoms with Gasteiger partial charge in [0.05, 0.1) is 24.2 Å². The van der Waals surface area contributed by atoms with Crippen molar-refractivity contribution in [1.29, 1.82) is 0 Å². The van der Waals surface area contributed by atoms with E-state index in [1.54, 1.807) is 17.9 Å². The summed E-state index contributed by atoms with van der Waals surface area (Å²) in [4.78, 5) is 33.0. The molecular formula is C28H28F3N5O4S. The fraction of sp³-hybridized carbons (Fsp3) is 0.429. The van der Waals surface area contributed by atoms with Crippen LogP contribution in [0, 0.1) is 12.7 Å². The van der Waals surface area contributed by atoms with E-state index in [1.807, 2.05) is 6.07 Å². The summed E-state index contributed by atoms with van der Waals surface area (Å²) in [5, 5.41) is 3.40. The molecule has 1 aromatic heterocycles. The number of hydrogen-bond acceptors (Lipinski definition) is 7. The molecule has 1 N–H and O–H groups in total. The van der Waals surface area contributed by atoms with Gasteiger partial charge in [-0.1, -0.05) is 12.1 Å². The second kappa shape index (κ2) is 10.8. The van der Waals surface area contributed by atoms with E-state index >= 15 is 0 Å². The molecule has 1 atom stereocenters. The highest BCUT2D eigenvalue weighted by Crippen LogP contribution is 2.42. The molecule has 6 rings (SSSR count). The minimum Gasteiger partial charge on any atom is -0.485 e. The SMILES string of the molecule is Cc1ccc([C@]2(c3ncns3)CCN(C(=O)Nc3cc(C(F)F)ccc3OC3CN(C(=O)OC4CC4)C3)C2)cc1F. The quantitative estimate of drug-likeness (QED) is 0.392. The Balaban J connectivity index is 1.18. The average Bonchev–Trinajstić information content (AvgIpc) is 3.37. The van der Waals surface area contributed by atoms with Crippen LogP contribution in [0.1, 0.15) is 47.4 Å². The van der Waals surface area contributed by atoms with Crippen molar-refractivity contribution >= 4 is 29.3 Å². The van der Waals surface area contributed by atoms with Gasteiger partial charge >= 0.3 is 12.1 Å². The number of benzene rings is 2. The Kier molecular flexibility index (Phi) is 7.22. The first-order chi connectivity index (χ1) is 19.7. The molecule has 13 heteroatoms. The van der Waals surface area contributed by atoms with Gasteiger partial charge in [0.25, 0.3) is 6.43 Å². The number of likely N-dealkylation sites (tertiary alicyclic amines) is 2. The van der Waals surface area contributed by atoms with Crippen molar-refractivity contribution in [2.75, 3.05) is 31.5 Å². The van der Waals surface area contributed by atoms with Gasteiger partial charge in [0.2, 0.25) is 0 Å². The molecule has 1 aliphatic carbocycles. The third-order valence-corrected chi connectivity index (χ3v) is 8.61. The molecule has 0 radical (unpaired) electrons. The van der Waals surface area contributed by atoms with Crippen LogP contribution in [0.15, 0.2) is 42.7 Å². The highest BCUT2D eigenvalue weighted by molar-refractivity contribution is 7.05. The molecule has 3 aromatic rings. The van der Waals surface area contributed by atoms with Crippen LogP contribution in [-0.2, 0) is 10.2 Å². The molecule has 2 saturated heterocycles. The second-order valence-corrected chi connectivity index (χ2v) is 11.5. The number of carbonyl (C=O) groups is 2. The Hall–Kier alpha value is -3.87. The summed E-state index contributed by atoms with van der Waals surface area (Å²) < 4.78 is 57.1. The number of nitrogens with one attached hydrogen (secondary N) is 1. The van der Waals surface area contributed by atoms with E-state index in [0.29, 0.717) is 42.2 Å². The van der Waals surface area contributed by atoms with Gasteiger partial charge in [-0.3, -0.25) is 0 Å². The number of halogens is 3. The van der Waals surface area contributed by atoms with Gasteiger partial charge in [0, 0.05) is 18.7 Å². The van der Waals surface area contributed by atoms with Gasteiger partial charge in [-0.05, 0) is 73.1 Å². The van der Waals surface area contributed by atoms with Crippen LogP contribution in [-0.4, -0.2) is 69.7 Å². The number of amides is 3. The molecule has 216 valence electrons. The number of anilines is 1. The standard InChI is InChI=1S/C28H28F3N5O4S/c1-16-2-4-18(11-21(16)29)28(25-32-15-33-41-25)8-9-35(14-28)26(37)34-22-10-17(24(30)31)3-7-23(22)39-20-12-36(13-20)27(38)40-19-5-6-19/h2-4,7,10-11,15,19-20,24H,5-6,8-9,12-14H2,1H3,(H,34,37)/t28-/m0/s1. The van der Waals surface area contributed by atoms with E-state index < -0.39 is 24.0 Å². The van der Waals surface area contributed by atoms with Crippen molar-refractivity contribution in [3.05, 3.63) is 70.2 Å². The summed E-state index contributed by atoms with van der Waals surface area (Å²) in [6.07, 6.45) is 0.143. The molecule has 1 saturated carbocycles. The number of alkyl halides is 2. The van der Waals surface area contributed by atoms with E-state index in [1.165, 1.54) is 47.0 Å². The van der Waals surface area contributed by atoms with Crippen LogP contribution in [0.3, 0.4) is 0 Å². The normalized spacial score (nSPS) is 20.7. The van der Waals surface area contributed by atoms with Crippen molar-refractivity contribution in [1.82, 2.24) is 19.2 Å². The molecule has 2 aromatic carbocycles. The van der Waals surface area contributed by atoms with Gasteiger partial charge in [0.1, 0.15) is 35.1 Å². The summed E-state index contributed by atoms with van der Waals surface area (Å²) in [6.45, 7) is 2.78. The second-order valence-electron chi connectivity index (χ2n) is 10.7. The number of hydrogen-bond donors (Lipinski definition) is 1. The Morgan fingerprint density at radius 2 is 1.93 bits per heavy atom. The van der Waals surface area contributed by atoms with E-state index in [0.717, 1.165) is 12.8 Å². The predicted molar refractivity (Wildman–Crippen MR) is 144 cm³/mol. The van der Waals surface area contributed by atoms with Crippen molar-refractivity contribution in [3.63, 3.8) is 0 Å². The molecule has 0 spiro atoms. The summed E-state index contributed by atoms with van der Waals surface area (Å²) in [5.41, 5.74) is 0.264. The molecule has 0 bridgehead atoms. The number of carbonyl (C=O) groups excluding carboxylic acids is 2. The van der Waals surface area contributed by atoms with E-state index in [9.17, 15) is 22.8 Å². The van der Waals surface area contributed by atoms with Gasteiger partial charge in [0.15, 0.2) is 0 Å². The monoisotopic (exact) mass is 587 g/mol. The Labute approximate surface area is 238 Å². The van der Waals surface area contributed by atoms with Gasteiger partial charge in [-0.25, -0.2) is 27.7 Å². The zero-order chi connectivity index (χ0) is 28.7. The van der Waals surface area contributed by atoms with Gasteiger partial charge in [-0.15, -0.1) is 0 Å². The van der Waals surface area contributed by atoms with Crippen LogP contribution in [0.25, 0.3) is 0 Å². The third kappa shape index (κ3) is 5.54. The zero-order valence-corrected chi connectivity index (χ0v) is 23.0. The van der Waals surface area contributed by atoms with Gasteiger partial charge in [-0.2, -0.15) is 4.37 Å². The molecule has 0 unspecified atom stereocenters. The van der Waals surface area contributed by atoms with Crippen LogP contribution in [0.4, 0.5) is 28.4 Å². The highest BCUT2D eigenvalue weighted by Gasteiger charge is 2.46. The summed E-state index contributed by atoms with van der Waals surface area (Å²) in [7, 11) is 0. The number of ether oxygens (including phenoxy) is 2. The van der Waals surface area contributed by atoms with Crippen LogP contribution in [0.5, 0.6) is 5.75 Å². The maximum Gasteiger partial charge on any atom is 0.410 e. The smallest absolute Gasteiger partial charge is 0.410 e. The fourth-order valence-corrected chi connectivity index (χ4v) is 5.86. The summed E-state index contributed by atoms with van der Waals surface area (Å²) >= 11 is 1.19. The van der Waals surface area contributed by atoms with Crippen molar-refractivity contribution < 1.29 is 32.2 Å². The first kappa shape index (κ1) is 27.3. The maximum atomic E-state index is 14.6. The van der Waals surface area contributed by atoms with Crippen LogP contribution >= 0.6 is 11.5 Å². The third-order valence-electron chi connectivity index (χ3n) is 7.74. The lowest BCUT2D eigenvalue weighted by atomic mass is 9.80. The lowest BCUT2D eigenvalue weighted by molar-refractivity contribution is 0.00891. The minimum absolute atomic E-state index is 0.00705. The molecule has 9 nitrogen and oxygen atoms in total. The predicted octanol–water partition coefficient (Wildman–Crippen LogP) is 5.51. The van der Waals surface area contributed by atoms with Gasteiger partial charge < -0.3 is 24.6 Å². The Morgan fingerprint density at radius 1 is 1.12 bits per heavy atom. The summed E-state index contributed by atoms with van der Waals surface area (Å²) in [6, 6.07) is 8.33. The molecular weight excluding hydrogens is 559 g/mol. The zero-order valence-electron chi connectivity index (χ0n) is 22.2. The average molecular weight is 588 g/mol. The summed E-state index contributed by atoms with van der Waals surface area (Å²) in [5.74, 6) is -0.131. The first-order valence-corrected chi connectivity index (χ1v) is 14.1. The van der Waals surface area contributed by atoms with E-state index in [-0.39, 0.29) is 41.6 Å². The number of urea groups is 1. The number of aryl methyl sites for hydroxylation is 1. The van der Waals surface area contributed by atoms with Crippen molar-refractivity contribution in [3.8, 4) is 5.75 Å². The Bertz CT molecular complexity index is 1450. The topological polar surface area (TPSA) is 96.9 Å². The highest BCUT2D eigenvalue weighted by atomic mass is 32.1. The number of nitrogens with zero attached hydrogens (tertiary/aromatic N) is 4. The minimum atomic E-state index is -2.75. The Morgan fingerprint density at radius 3 is 2.61 bits per heavy atom. The molecule has 3 aliphatic rings. The molecule has 41 heavy (non-hydrogen) atoms. The van der Waals surface area contributed by atoms with E-state index in [2.05, 4.69) is 14.7 Å². The largest absolute Gasteiger partial charge is 0.485 e. The molecule has 2 aliphatic heterocycles. The van der Waals surface area contributed by atoms with Crippen molar-refractivity contribution in [2.45, 2.75) is 50.2 Å². The van der Waals surface area contributed by atoms with Crippen LogP contribution in [0.2, 0.25) is 0 Å². The lowest BCUT2D eigenvalue weighted by Gasteiger charge is -2.38. The first-order valence-electron chi connectivity index (χ1n) is 13.4. The maximum absolute atomic E-state index is 14.6.